The smallest absolute Gasteiger partial charge is 0.310 e. The first-order valence-corrected chi connectivity index (χ1v) is 8.80. The molecular weight excluding hydrogens is 336 g/mol. The van der Waals surface area contributed by atoms with Gasteiger partial charge >= 0.3 is 4.87 Å². The second kappa shape index (κ2) is 7.81. The highest BCUT2D eigenvalue weighted by Crippen LogP contribution is 2.15. The highest BCUT2D eigenvalue weighted by atomic mass is 32.1. The van der Waals surface area contributed by atoms with Crippen molar-refractivity contribution >= 4 is 22.9 Å². The Morgan fingerprint density at radius 2 is 1.76 bits per heavy atom. The number of amides is 1. The topological polar surface area (TPSA) is 71.3 Å². The molecule has 0 bridgehead atoms. The minimum absolute atomic E-state index is 0.0340. The van der Waals surface area contributed by atoms with Gasteiger partial charge in [0.1, 0.15) is 0 Å². The Hall–Kier alpha value is -2.86. The summed E-state index contributed by atoms with van der Waals surface area (Å²) in [7, 11) is 0. The second-order valence-electron chi connectivity index (χ2n) is 5.68. The zero-order valence-corrected chi connectivity index (χ0v) is 14.3. The molecule has 0 saturated heterocycles. The van der Waals surface area contributed by atoms with Crippen LogP contribution < -0.4 is 10.2 Å². The lowest BCUT2D eigenvalue weighted by molar-refractivity contribution is -0.116. The number of benzene rings is 2. The lowest BCUT2D eigenvalue weighted by Gasteiger charge is -2.08. The number of aromatic hydroxyl groups is 1. The van der Waals surface area contributed by atoms with Crippen molar-refractivity contribution in [3.8, 4) is 5.88 Å². The molecule has 6 heteroatoms. The summed E-state index contributed by atoms with van der Waals surface area (Å²) in [5.41, 5.74) is 2.72. The van der Waals surface area contributed by atoms with Crippen molar-refractivity contribution < 1.29 is 9.90 Å². The molecule has 2 N–H and O–H groups in total. The van der Waals surface area contributed by atoms with Gasteiger partial charge in [0.25, 0.3) is 0 Å². The van der Waals surface area contributed by atoms with Crippen LogP contribution in [-0.2, 0) is 17.8 Å². The maximum Gasteiger partial charge on any atom is 0.310 e. The molecule has 0 aliphatic rings. The van der Waals surface area contributed by atoms with Gasteiger partial charge in [-0.15, -0.1) is 0 Å². The van der Waals surface area contributed by atoms with Crippen molar-refractivity contribution in [1.29, 1.82) is 0 Å². The van der Waals surface area contributed by atoms with Crippen LogP contribution in [0, 0.1) is 0 Å². The Labute approximate surface area is 149 Å². The lowest BCUT2D eigenvalue weighted by atomic mass is 10.1. The summed E-state index contributed by atoms with van der Waals surface area (Å²) in [6, 6.07) is 17.1. The molecule has 3 rings (SSSR count). The Morgan fingerprint density at radius 3 is 2.40 bits per heavy atom. The van der Waals surface area contributed by atoms with E-state index in [1.54, 1.807) is 12.1 Å². The van der Waals surface area contributed by atoms with Gasteiger partial charge in [-0.1, -0.05) is 53.8 Å². The van der Waals surface area contributed by atoms with Crippen LogP contribution in [0.1, 0.15) is 17.5 Å². The summed E-state index contributed by atoms with van der Waals surface area (Å²) in [5, 5.41) is 13.9. The average molecular weight is 354 g/mol. The molecule has 25 heavy (non-hydrogen) atoms. The largest absolute Gasteiger partial charge is 0.494 e. The van der Waals surface area contributed by atoms with Crippen molar-refractivity contribution in [3.63, 3.8) is 0 Å². The SMILES string of the molecule is O=C(CCc1ccccc1)Nc1ccc(Cn2c(O)csc2=O)cc1. The number of aromatic nitrogens is 1. The van der Waals surface area contributed by atoms with Crippen molar-refractivity contribution in [2.75, 3.05) is 5.32 Å². The predicted octanol–water partition coefficient (Wildman–Crippen LogP) is 3.24. The molecule has 1 heterocycles. The van der Waals surface area contributed by atoms with E-state index in [-0.39, 0.29) is 16.7 Å². The monoisotopic (exact) mass is 354 g/mol. The van der Waals surface area contributed by atoms with Crippen LogP contribution in [0.15, 0.2) is 64.8 Å². The molecule has 2 aromatic carbocycles. The molecule has 5 nitrogen and oxygen atoms in total. The van der Waals surface area contributed by atoms with Gasteiger partial charge in [-0.3, -0.25) is 14.2 Å². The van der Waals surface area contributed by atoms with E-state index >= 15 is 0 Å². The summed E-state index contributed by atoms with van der Waals surface area (Å²) < 4.78 is 1.30. The third-order valence-electron chi connectivity index (χ3n) is 3.82. The maximum atomic E-state index is 12.0. The number of rotatable bonds is 6. The van der Waals surface area contributed by atoms with Gasteiger partial charge in [0.2, 0.25) is 11.8 Å². The second-order valence-corrected chi connectivity index (χ2v) is 6.50. The molecule has 0 atom stereocenters. The van der Waals surface area contributed by atoms with E-state index in [2.05, 4.69) is 5.32 Å². The van der Waals surface area contributed by atoms with Gasteiger partial charge in [0.05, 0.1) is 11.9 Å². The Balaban J connectivity index is 1.55. The van der Waals surface area contributed by atoms with Gasteiger partial charge in [-0.05, 0) is 29.7 Å². The van der Waals surface area contributed by atoms with Crippen LogP contribution in [0.5, 0.6) is 5.88 Å². The molecule has 0 aliphatic heterocycles. The van der Waals surface area contributed by atoms with Crippen LogP contribution in [0.2, 0.25) is 0 Å². The van der Waals surface area contributed by atoms with Gasteiger partial charge in [0.15, 0.2) is 0 Å². The summed E-state index contributed by atoms with van der Waals surface area (Å²) in [6.07, 6.45) is 1.12. The molecule has 0 aliphatic carbocycles. The van der Waals surface area contributed by atoms with Gasteiger partial charge in [0, 0.05) is 12.1 Å². The Kier molecular flexibility index (Phi) is 5.30. The fourth-order valence-electron chi connectivity index (χ4n) is 2.47. The van der Waals surface area contributed by atoms with E-state index in [0.29, 0.717) is 25.1 Å². The number of nitrogens with zero attached hydrogens (tertiary/aromatic N) is 1. The van der Waals surface area contributed by atoms with Crippen LogP contribution >= 0.6 is 11.3 Å². The van der Waals surface area contributed by atoms with Crippen molar-refractivity contribution in [2.45, 2.75) is 19.4 Å². The quantitative estimate of drug-likeness (QED) is 0.714. The molecule has 0 radical (unpaired) electrons. The number of hydrogen-bond acceptors (Lipinski definition) is 4. The maximum absolute atomic E-state index is 12.0. The minimum atomic E-state index is -0.198. The average Bonchev–Trinajstić information content (AvgIpc) is 2.94. The van der Waals surface area contributed by atoms with E-state index in [1.165, 1.54) is 9.95 Å². The third kappa shape index (κ3) is 4.58. The van der Waals surface area contributed by atoms with Crippen molar-refractivity contribution in [3.05, 3.63) is 80.8 Å². The van der Waals surface area contributed by atoms with Crippen molar-refractivity contribution in [2.24, 2.45) is 0 Å². The summed E-state index contributed by atoms with van der Waals surface area (Å²) >= 11 is 0.966. The molecule has 0 spiro atoms. The first-order valence-electron chi connectivity index (χ1n) is 7.92. The zero-order chi connectivity index (χ0) is 17.6. The van der Waals surface area contributed by atoms with E-state index in [1.807, 2.05) is 42.5 Å². The molecule has 1 amide bonds. The zero-order valence-electron chi connectivity index (χ0n) is 13.5. The molecule has 0 unspecified atom stereocenters. The Bertz CT molecular complexity index is 898. The van der Waals surface area contributed by atoms with Gasteiger partial charge < -0.3 is 10.4 Å². The highest BCUT2D eigenvalue weighted by molar-refractivity contribution is 7.07. The van der Waals surface area contributed by atoms with Crippen LogP contribution in [0.4, 0.5) is 5.69 Å². The summed E-state index contributed by atoms with van der Waals surface area (Å²) in [6.45, 7) is 0.302. The minimum Gasteiger partial charge on any atom is -0.494 e. The molecule has 128 valence electrons. The normalized spacial score (nSPS) is 10.6. The third-order valence-corrected chi connectivity index (χ3v) is 4.57. The molecule has 0 fully saturated rings. The van der Waals surface area contributed by atoms with Crippen LogP contribution in [-0.4, -0.2) is 15.6 Å². The fraction of sp³-hybridized carbons (Fsp3) is 0.158. The lowest BCUT2D eigenvalue weighted by Crippen LogP contribution is -2.14. The number of nitrogens with one attached hydrogen (secondary N) is 1. The highest BCUT2D eigenvalue weighted by Gasteiger charge is 2.07. The molecular formula is C19H18N2O3S. The number of thiazole rings is 1. The number of carbonyl (C=O) groups excluding carboxylic acids is 1. The first kappa shape index (κ1) is 17.0. The number of aryl methyl sites for hydroxylation is 1. The molecule has 0 saturated carbocycles. The van der Waals surface area contributed by atoms with E-state index in [9.17, 15) is 14.7 Å². The number of hydrogen-bond donors (Lipinski definition) is 2. The Morgan fingerprint density at radius 1 is 1.04 bits per heavy atom. The fourth-order valence-corrected chi connectivity index (χ4v) is 3.09. The van der Waals surface area contributed by atoms with Crippen LogP contribution in [0.3, 0.4) is 0 Å². The van der Waals surface area contributed by atoms with Crippen LogP contribution in [0.25, 0.3) is 0 Å². The summed E-state index contributed by atoms with van der Waals surface area (Å²) in [4.78, 5) is 23.4. The molecule has 3 aromatic rings. The van der Waals surface area contributed by atoms with E-state index < -0.39 is 0 Å². The van der Waals surface area contributed by atoms with Crippen molar-refractivity contribution in [1.82, 2.24) is 4.57 Å². The standard InChI is InChI=1S/C19H18N2O3S/c22-17(11-8-14-4-2-1-3-5-14)20-16-9-6-15(7-10-16)12-21-18(23)13-25-19(21)24/h1-7,9-10,13,23H,8,11-12H2,(H,20,22). The van der Waals surface area contributed by atoms with E-state index in [0.717, 1.165) is 22.5 Å². The first-order chi connectivity index (χ1) is 12.1. The molecule has 1 aromatic heterocycles. The predicted molar refractivity (Wildman–Crippen MR) is 99.2 cm³/mol. The van der Waals surface area contributed by atoms with Gasteiger partial charge in [-0.2, -0.15) is 0 Å². The number of anilines is 1. The van der Waals surface area contributed by atoms with E-state index in [4.69, 9.17) is 0 Å². The number of carbonyl (C=O) groups is 1. The van der Waals surface area contributed by atoms with Gasteiger partial charge in [-0.25, -0.2) is 0 Å². The summed E-state index contributed by atoms with van der Waals surface area (Å²) in [5.74, 6) is -0.0726.